The number of hydrogen-bond donors (Lipinski definition) is 0. The van der Waals surface area contributed by atoms with E-state index < -0.39 is 0 Å². The van der Waals surface area contributed by atoms with Crippen LogP contribution in [0, 0.1) is 0 Å². The van der Waals surface area contributed by atoms with Crippen molar-refractivity contribution in [3.8, 4) is 33.4 Å². The number of aliphatic imine (C=N–C) groups is 1. The molecule has 0 N–H and O–H groups in total. The van der Waals surface area contributed by atoms with Crippen LogP contribution in [0.25, 0.3) is 66.1 Å². The van der Waals surface area contributed by atoms with Crippen molar-refractivity contribution < 1.29 is 4.42 Å². The highest BCUT2D eigenvalue weighted by atomic mass is 16.3. The summed E-state index contributed by atoms with van der Waals surface area (Å²) in [6, 6.07) is 56.3. The Labute approximate surface area is 328 Å². The van der Waals surface area contributed by atoms with Crippen molar-refractivity contribution in [1.82, 2.24) is 0 Å². The Bertz CT molecular complexity index is 2900. The number of furan rings is 1. The first-order valence-corrected chi connectivity index (χ1v) is 19.6. The number of benzene rings is 7. The second kappa shape index (κ2) is 14.1. The Morgan fingerprint density at radius 1 is 0.554 bits per heavy atom. The second-order valence-corrected chi connectivity index (χ2v) is 15.1. The van der Waals surface area contributed by atoms with E-state index in [1.807, 2.05) is 0 Å². The topological polar surface area (TPSA) is 25.5 Å². The van der Waals surface area contributed by atoms with Gasteiger partial charge in [0.1, 0.15) is 11.2 Å². The lowest BCUT2D eigenvalue weighted by molar-refractivity contribution is 0.667. The van der Waals surface area contributed by atoms with E-state index in [1.54, 1.807) is 0 Å². The van der Waals surface area contributed by atoms with Gasteiger partial charge in [0.2, 0.25) is 0 Å². The van der Waals surface area contributed by atoms with E-state index in [4.69, 9.17) is 22.6 Å². The first-order chi connectivity index (χ1) is 27.6. The number of fused-ring (bicyclic) bond motifs is 5. The Balaban J connectivity index is 1.05. The van der Waals surface area contributed by atoms with Crippen molar-refractivity contribution in [3.05, 3.63) is 217 Å². The van der Waals surface area contributed by atoms with Crippen molar-refractivity contribution in [1.29, 1.82) is 0 Å². The molecule has 56 heavy (non-hydrogen) atoms. The van der Waals surface area contributed by atoms with Gasteiger partial charge in [-0.2, -0.15) is 0 Å². The minimum absolute atomic E-state index is 0.00675. The van der Waals surface area contributed by atoms with Crippen LogP contribution in [0.2, 0.25) is 0 Å². The molecular weight excluding hydrogens is 679 g/mol. The van der Waals surface area contributed by atoms with Crippen LogP contribution in [0.3, 0.4) is 0 Å². The summed E-state index contributed by atoms with van der Waals surface area (Å²) in [5, 5.41) is 4.67. The third-order valence-electron chi connectivity index (χ3n) is 11.7. The summed E-state index contributed by atoms with van der Waals surface area (Å²) in [7, 11) is 0. The molecule has 2 aliphatic rings. The van der Waals surface area contributed by atoms with Gasteiger partial charge in [-0.05, 0) is 109 Å². The molecule has 1 aliphatic carbocycles. The number of rotatable bonds is 6. The summed E-state index contributed by atoms with van der Waals surface area (Å²) in [5.41, 5.74) is 15.6. The van der Waals surface area contributed by atoms with Gasteiger partial charge in [0.15, 0.2) is 0 Å². The van der Waals surface area contributed by atoms with Crippen molar-refractivity contribution in [2.75, 3.05) is 0 Å². The van der Waals surface area contributed by atoms with E-state index in [9.17, 15) is 0 Å². The smallest absolute Gasteiger partial charge is 0.136 e. The molecule has 0 fully saturated rings. The van der Waals surface area contributed by atoms with Crippen LogP contribution < -0.4 is 0 Å². The fourth-order valence-electron chi connectivity index (χ4n) is 8.78. The highest BCUT2D eigenvalue weighted by molar-refractivity contribution is 6.22. The van der Waals surface area contributed by atoms with Gasteiger partial charge in [0, 0.05) is 16.7 Å². The maximum Gasteiger partial charge on any atom is 0.136 e. The summed E-state index contributed by atoms with van der Waals surface area (Å²) in [6.07, 6.45) is 9.29. The zero-order chi connectivity index (χ0) is 37.6. The van der Waals surface area contributed by atoms with E-state index in [0.717, 1.165) is 69.2 Å². The third-order valence-corrected chi connectivity index (χ3v) is 11.7. The van der Waals surface area contributed by atoms with Crippen LogP contribution in [0.5, 0.6) is 0 Å². The van der Waals surface area contributed by atoms with E-state index in [0.29, 0.717) is 0 Å². The average molecular weight is 720 g/mol. The van der Waals surface area contributed by atoms with Gasteiger partial charge in [-0.3, -0.25) is 4.99 Å². The number of allylic oxidation sites excluding steroid dienone is 5. The van der Waals surface area contributed by atoms with Gasteiger partial charge < -0.3 is 4.42 Å². The average Bonchev–Trinajstić information content (AvgIpc) is 3.58. The lowest BCUT2D eigenvalue weighted by atomic mass is 9.81. The Kier molecular flexibility index (Phi) is 8.53. The first kappa shape index (κ1) is 33.8. The molecule has 2 nitrogen and oxygen atoms in total. The molecule has 2 unspecified atom stereocenters. The van der Waals surface area contributed by atoms with Crippen LogP contribution in [0.4, 0.5) is 0 Å². The summed E-state index contributed by atoms with van der Waals surface area (Å²) >= 11 is 0. The van der Waals surface area contributed by atoms with Gasteiger partial charge in [-0.25, -0.2) is 0 Å². The summed E-state index contributed by atoms with van der Waals surface area (Å²) in [5.74, 6) is 0.00675. The van der Waals surface area contributed by atoms with E-state index in [1.165, 1.54) is 49.7 Å². The van der Waals surface area contributed by atoms with Crippen molar-refractivity contribution in [2.24, 2.45) is 4.99 Å². The maximum absolute atomic E-state index is 6.84. The number of nitrogens with zero attached hydrogens (tertiary/aromatic N) is 1. The maximum atomic E-state index is 6.84. The molecule has 0 spiro atoms. The van der Waals surface area contributed by atoms with Crippen LogP contribution in [0.1, 0.15) is 42.3 Å². The third kappa shape index (κ3) is 6.04. The minimum Gasteiger partial charge on any atom is -0.456 e. The zero-order valence-electron chi connectivity index (χ0n) is 31.3. The van der Waals surface area contributed by atoms with Gasteiger partial charge >= 0.3 is 0 Å². The lowest BCUT2D eigenvalue weighted by Gasteiger charge is -2.21. The normalized spacial score (nSPS) is 17.3. The summed E-state index contributed by atoms with van der Waals surface area (Å²) in [4.78, 5) is 5.50. The molecule has 1 aromatic heterocycles. The molecule has 0 bridgehead atoms. The van der Waals surface area contributed by atoms with E-state index >= 15 is 0 Å². The van der Waals surface area contributed by atoms with E-state index in [-0.39, 0.29) is 12.0 Å². The molecule has 2 heteroatoms. The van der Waals surface area contributed by atoms with Crippen LogP contribution in [-0.4, -0.2) is 5.71 Å². The fourth-order valence-corrected chi connectivity index (χ4v) is 8.78. The summed E-state index contributed by atoms with van der Waals surface area (Å²) < 4.78 is 6.84. The Morgan fingerprint density at radius 3 is 1.96 bits per heavy atom. The van der Waals surface area contributed by atoms with Crippen molar-refractivity contribution in [2.45, 2.75) is 31.2 Å². The molecule has 0 saturated heterocycles. The quantitative estimate of drug-likeness (QED) is 0.157. The van der Waals surface area contributed by atoms with Crippen molar-refractivity contribution in [3.63, 3.8) is 0 Å². The molecular formula is C54H41NO. The molecule has 1 aliphatic heterocycles. The highest BCUT2D eigenvalue weighted by Crippen LogP contribution is 2.45. The zero-order valence-corrected chi connectivity index (χ0v) is 31.3. The standard InChI is InChI=1S/C54H41NO/c1-35-31-48(36(2)54(40-19-10-5-11-20-40)55-53(35)41-27-25-39(26-28-41)37-15-6-3-7-16-37)44-29-30-47-50(33-44)56-51-34-49(45-23-12-13-24-46(45)52(47)51)43-22-14-21-42(32-43)38-17-8-4-9-18-38/h3-10,12-19,21-30,32-34,48,53H,1-2,11,20,31H2. The second-order valence-electron chi connectivity index (χ2n) is 15.1. The number of hydrogen-bond acceptors (Lipinski definition) is 2. The molecule has 7 aromatic carbocycles. The van der Waals surface area contributed by atoms with Gasteiger partial charge in [0.05, 0.1) is 11.8 Å². The monoisotopic (exact) mass is 719 g/mol. The first-order valence-electron chi connectivity index (χ1n) is 19.6. The molecule has 10 rings (SSSR count). The predicted molar refractivity (Wildman–Crippen MR) is 236 cm³/mol. The molecule has 8 aromatic rings. The minimum atomic E-state index is -0.163. The largest absolute Gasteiger partial charge is 0.456 e. The Morgan fingerprint density at radius 2 is 1.21 bits per heavy atom. The summed E-state index contributed by atoms with van der Waals surface area (Å²) in [6.45, 7) is 9.47. The fraction of sp³-hybridized carbons (Fsp3) is 0.0926. The van der Waals surface area contributed by atoms with Gasteiger partial charge in [-0.1, -0.05) is 171 Å². The van der Waals surface area contributed by atoms with Crippen LogP contribution in [-0.2, 0) is 0 Å². The van der Waals surface area contributed by atoms with Crippen LogP contribution in [0.15, 0.2) is 215 Å². The highest BCUT2D eigenvalue weighted by Gasteiger charge is 2.31. The lowest BCUT2D eigenvalue weighted by Crippen LogP contribution is -2.13. The van der Waals surface area contributed by atoms with Gasteiger partial charge in [-0.15, -0.1) is 0 Å². The predicted octanol–water partition coefficient (Wildman–Crippen LogP) is 14.8. The molecule has 2 heterocycles. The SMILES string of the molecule is C=C1C(C2=CC=CCC2)=NC(c2ccc(-c3ccccc3)cc2)C(=C)CC1c1ccc2c(c1)oc1cc(-c3cccc(-c4ccccc4)c3)c3ccccc3c12. The van der Waals surface area contributed by atoms with Gasteiger partial charge in [0.25, 0.3) is 0 Å². The molecule has 0 amide bonds. The Hall–Kier alpha value is -6.77. The van der Waals surface area contributed by atoms with Crippen molar-refractivity contribution >= 4 is 38.4 Å². The van der Waals surface area contributed by atoms with E-state index in [2.05, 4.69) is 176 Å². The molecule has 268 valence electrons. The molecule has 0 saturated carbocycles. The van der Waals surface area contributed by atoms with Crippen LogP contribution >= 0.6 is 0 Å². The molecule has 2 atom stereocenters. The molecule has 0 radical (unpaired) electrons.